The number of piperidine rings is 1. The lowest BCUT2D eigenvalue weighted by Crippen LogP contribution is -2.34. The second-order valence-electron chi connectivity index (χ2n) is 5.88. The first-order chi connectivity index (χ1) is 10.8. The topological polar surface area (TPSA) is 60.0 Å². The van der Waals surface area contributed by atoms with Gasteiger partial charge in [0, 0.05) is 32.6 Å². The third-order valence-corrected chi connectivity index (χ3v) is 4.00. The highest BCUT2D eigenvalue weighted by molar-refractivity contribution is 5.12. The van der Waals surface area contributed by atoms with Crippen LogP contribution >= 0.6 is 0 Å². The average molecular weight is 329 g/mol. The van der Waals surface area contributed by atoms with Gasteiger partial charge in [0.05, 0.1) is 6.54 Å². The summed E-state index contributed by atoms with van der Waals surface area (Å²) in [5.41, 5.74) is -0.834. The second kappa shape index (κ2) is 5.95. The molecule has 1 aliphatic heterocycles. The van der Waals surface area contributed by atoms with Gasteiger partial charge in [-0.2, -0.15) is 13.2 Å². The zero-order valence-electron chi connectivity index (χ0n) is 13.0. The maximum atomic E-state index is 12.8. The first-order valence-corrected chi connectivity index (χ1v) is 7.44. The molecule has 0 N–H and O–H groups in total. The Hall–Kier alpha value is -1.90. The van der Waals surface area contributed by atoms with E-state index in [1.54, 1.807) is 14.0 Å². The summed E-state index contributed by atoms with van der Waals surface area (Å²) in [6.07, 6.45) is -1.64. The fourth-order valence-corrected chi connectivity index (χ4v) is 3.00. The first-order valence-electron chi connectivity index (χ1n) is 7.44. The van der Waals surface area contributed by atoms with Crippen molar-refractivity contribution >= 4 is 0 Å². The van der Waals surface area contributed by atoms with E-state index in [1.165, 1.54) is 4.57 Å². The van der Waals surface area contributed by atoms with Crippen molar-refractivity contribution in [1.82, 2.24) is 24.6 Å². The molecule has 3 rings (SSSR count). The molecule has 3 heterocycles. The number of likely N-dealkylation sites (tertiary alicyclic amines) is 1. The molecule has 6 nitrogen and oxygen atoms in total. The maximum absolute atomic E-state index is 12.8. The monoisotopic (exact) mass is 329 g/mol. The Morgan fingerprint density at radius 3 is 2.74 bits per heavy atom. The highest BCUT2D eigenvalue weighted by atomic mass is 19.4. The quantitative estimate of drug-likeness (QED) is 0.866. The molecular weight excluding hydrogens is 311 g/mol. The van der Waals surface area contributed by atoms with E-state index >= 15 is 0 Å². The number of imidazole rings is 1. The summed E-state index contributed by atoms with van der Waals surface area (Å²) >= 11 is 0. The Kier molecular flexibility index (Phi) is 4.13. The van der Waals surface area contributed by atoms with Crippen molar-refractivity contribution in [3.63, 3.8) is 0 Å². The predicted octanol–water partition coefficient (Wildman–Crippen LogP) is 2.51. The smallest absolute Gasteiger partial charge is 0.424 e. The van der Waals surface area contributed by atoms with Crippen molar-refractivity contribution in [2.75, 3.05) is 13.1 Å². The Balaban J connectivity index is 1.72. The first kappa shape index (κ1) is 16.0. The van der Waals surface area contributed by atoms with E-state index in [0.29, 0.717) is 30.7 Å². The third-order valence-electron chi connectivity index (χ3n) is 4.00. The third kappa shape index (κ3) is 3.54. The van der Waals surface area contributed by atoms with Crippen LogP contribution in [0.15, 0.2) is 10.6 Å². The van der Waals surface area contributed by atoms with E-state index in [-0.39, 0.29) is 5.92 Å². The van der Waals surface area contributed by atoms with Crippen LogP contribution in [0.1, 0.15) is 42.1 Å². The zero-order chi connectivity index (χ0) is 16.6. The van der Waals surface area contributed by atoms with E-state index in [9.17, 15) is 13.2 Å². The van der Waals surface area contributed by atoms with Crippen LogP contribution < -0.4 is 0 Å². The summed E-state index contributed by atoms with van der Waals surface area (Å²) in [6, 6.07) is 0. The van der Waals surface area contributed by atoms with Crippen LogP contribution in [0.5, 0.6) is 0 Å². The van der Waals surface area contributed by atoms with Crippen LogP contribution in [0.2, 0.25) is 0 Å². The van der Waals surface area contributed by atoms with E-state index in [4.69, 9.17) is 4.42 Å². The van der Waals surface area contributed by atoms with Crippen molar-refractivity contribution < 1.29 is 17.6 Å². The van der Waals surface area contributed by atoms with Gasteiger partial charge in [-0.25, -0.2) is 4.98 Å². The van der Waals surface area contributed by atoms with E-state index in [0.717, 1.165) is 25.6 Å². The fraction of sp³-hybridized carbons (Fsp3) is 0.643. The lowest BCUT2D eigenvalue weighted by molar-refractivity contribution is -0.141. The van der Waals surface area contributed by atoms with Crippen molar-refractivity contribution in [3.05, 3.63) is 29.5 Å². The molecule has 0 saturated carbocycles. The minimum atomic E-state index is -4.41. The summed E-state index contributed by atoms with van der Waals surface area (Å²) < 4.78 is 45.2. The molecule has 1 fully saturated rings. The Morgan fingerprint density at radius 2 is 2.13 bits per heavy atom. The Bertz CT molecular complexity index is 678. The summed E-state index contributed by atoms with van der Waals surface area (Å²) in [7, 11) is 1.61. The molecular formula is C14H18F3N5O. The molecule has 2 aromatic heterocycles. The SMILES string of the molecule is Cc1nnc(CN2CCC[C@H](c3nc(C(F)(F)F)cn3C)C2)o1. The molecule has 0 radical (unpaired) electrons. The number of aryl methyl sites for hydroxylation is 2. The molecule has 9 heteroatoms. The Morgan fingerprint density at radius 1 is 1.35 bits per heavy atom. The van der Waals surface area contributed by atoms with Gasteiger partial charge < -0.3 is 8.98 Å². The molecule has 0 bridgehead atoms. The standard InChI is InChI=1S/C14H18F3N5O/c1-9-19-20-12(23-9)8-22-5-3-4-10(6-22)13-18-11(7-21(13)2)14(15,16)17/h7,10H,3-6,8H2,1-2H3/t10-/m0/s1. The van der Waals surface area contributed by atoms with Crippen molar-refractivity contribution in [1.29, 1.82) is 0 Å². The van der Waals surface area contributed by atoms with Gasteiger partial charge in [-0.05, 0) is 19.4 Å². The number of alkyl halides is 3. The Labute approximate surface area is 131 Å². The van der Waals surface area contributed by atoms with Crippen LogP contribution in [0.4, 0.5) is 13.2 Å². The second-order valence-corrected chi connectivity index (χ2v) is 5.88. The van der Waals surface area contributed by atoms with Crippen molar-refractivity contribution in [2.24, 2.45) is 7.05 Å². The molecule has 0 spiro atoms. The van der Waals surface area contributed by atoms with E-state index in [2.05, 4.69) is 20.1 Å². The van der Waals surface area contributed by atoms with Gasteiger partial charge in [-0.15, -0.1) is 10.2 Å². The zero-order valence-corrected chi connectivity index (χ0v) is 13.0. The lowest BCUT2D eigenvalue weighted by atomic mass is 9.97. The van der Waals surface area contributed by atoms with Crippen LogP contribution in [0.3, 0.4) is 0 Å². The number of hydrogen-bond acceptors (Lipinski definition) is 5. The molecule has 126 valence electrons. The minimum absolute atomic E-state index is 0.0335. The minimum Gasteiger partial charge on any atom is -0.424 e. The molecule has 1 saturated heterocycles. The number of nitrogens with zero attached hydrogens (tertiary/aromatic N) is 5. The highest BCUT2D eigenvalue weighted by Crippen LogP contribution is 2.32. The molecule has 2 aromatic rings. The van der Waals surface area contributed by atoms with Gasteiger partial charge in [0.1, 0.15) is 5.82 Å². The molecule has 23 heavy (non-hydrogen) atoms. The van der Waals surface area contributed by atoms with Gasteiger partial charge in [0.25, 0.3) is 0 Å². The average Bonchev–Trinajstić information content (AvgIpc) is 3.05. The maximum Gasteiger partial charge on any atom is 0.434 e. The number of hydrogen-bond donors (Lipinski definition) is 0. The van der Waals surface area contributed by atoms with Crippen LogP contribution in [-0.2, 0) is 19.8 Å². The molecule has 1 atom stereocenters. The summed E-state index contributed by atoms with van der Waals surface area (Å²) in [5.74, 6) is 1.48. The molecule has 1 aliphatic rings. The van der Waals surface area contributed by atoms with Gasteiger partial charge >= 0.3 is 6.18 Å². The summed E-state index contributed by atoms with van der Waals surface area (Å²) in [4.78, 5) is 5.92. The number of rotatable bonds is 3. The molecule has 0 aromatic carbocycles. The predicted molar refractivity (Wildman–Crippen MR) is 74.5 cm³/mol. The van der Waals surface area contributed by atoms with Gasteiger partial charge in [0.2, 0.25) is 11.8 Å². The normalized spacial score (nSPS) is 20.1. The van der Waals surface area contributed by atoms with Gasteiger partial charge in [-0.1, -0.05) is 0 Å². The number of halogens is 3. The van der Waals surface area contributed by atoms with Gasteiger partial charge in [-0.3, -0.25) is 4.90 Å². The largest absolute Gasteiger partial charge is 0.434 e. The van der Waals surface area contributed by atoms with Crippen LogP contribution in [-0.4, -0.2) is 37.7 Å². The van der Waals surface area contributed by atoms with Gasteiger partial charge in [0.15, 0.2) is 5.69 Å². The number of aromatic nitrogens is 4. The van der Waals surface area contributed by atoms with Crippen molar-refractivity contribution in [2.45, 2.75) is 38.4 Å². The summed E-state index contributed by atoms with van der Waals surface area (Å²) in [5, 5.41) is 7.75. The van der Waals surface area contributed by atoms with Crippen molar-refractivity contribution in [3.8, 4) is 0 Å². The molecule has 0 unspecified atom stereocenters. The molecule has 0 aliphatic carbocycles. The lowest BCUT2D eigenvalue weighted by Gasteiger charge is -2.31. The van der Waals surface area contributed by atoms with Crippen LogP contribution in [0, 0.1) is 6.92 Å². The fourth-order valence-electron chi connectivity index (χ4n) is 3.00. The van der Waals surface area contributed by atoms with E-state index < -0.39 is 11.9 Å². The highest BCUT2D eigenvalue weighted by Gasteiger charge is 2.36. The van der Waals surface area contributed by atoms with E-state index in [1.807, 2.05) is 0 Å². The van der Waals surface area contributed by atoms with Crippen LogP contribution in [0.25, 0.3) is 0 Å². The molecule has 0 amide bonds. The summed E-state index contributed by atoms with van der Waals surface area (Å²) in [6.45, 7) is 3.72.